The fraction of sp³-hybridized carbons (Fsp3) is 0.211. The summed E-state index contributed by atoms with van der Waals surface area (Å²) in [6.45, 7) is 1.40. The Balaban J connectivity index is 2.06. The number of benzene rings is 1. The van der Waals surface area contributed by atoms with Gasteiger partial charge in [-0.3, -0.25) is 9.88 Å². The van der Waals surface area contributed by atoms with Crippen LogP contribution in [0.15, 0.2) is 55.0 Å². The Morgan fingerprint density at radius 2 is 1.79 bits per heavy atom. The van der Waals surface area contributed by atoms with E-state index in [1.165, 1.54) is 12.1 Å². The van der Waals surface area contributed by atoms with Crippen molar-refractivity contribution in [2.24, 2.45) is 0 Å². The van der Waals surface area contributed by atoms with E-state index in [1.54, 1.807) is 24.5 Å². The average Bonchev–Trinajstić information content (AvgIpc) is 3.00. The molecule has 2 N–H and O–H groups in total. The Bertz CT molecular complexity index is 784. The van der Waals surface area contributed by atoms with Crippen molar-refractivity contribution < 1.29 is 9.50 Å². The van der Waals surface area contributed by atoms with Crippen LogP contribution in [0, 0.1) is 5.82 Å². The molecule has 3 rings (SSSR count). The van der Waals surface area contributed by atoms with Crippen LogP contribution in [0.25, 0.3) is 22.3 Å². The van der Waals surface area contributed by atoms with Gasteiger partial charge >= 0.3 is 0 Å². The van der Waals surface area contributed by atoms with Crippen molar-refractivity contribution in [1.29, 1.82) is 0 Å². The second-order valence-electron chi connectivity index (χ2n) is 5.76. The van der Waals surface area contributed by atoms with Gasteiger partial charge in [-0.25, -0.2) is 4.39 Å². The second-order valence-corrected chi connectivity index (χ2v) is 5.76. The Morgan fingerprint density at radius 1 is 1.08 bits per heavy atom. The minimum atomic E-state index is -0.248. The van der Waals surface area contributed by atoms with Crippen LogP contribution in [0.5, 0.6) is 0 Å². The van der Waals surface area contributed by atoms with Crippen LogP contribution in [0.1, 0.15) is 5.69 Å². The van der Waals surface area contributed by atoms with Crippen molar-refractivity contribution in [3.8, 4) is 22.3 Å². The molecule has 3 aromatic rings. The topological polar surface area (TPSA) is 52.1 Å². The molecule has 0 fully saturated rings. The van der Waals surface area contributed by atoms with Crippen molar-refractivity contribution in [2.75, 3.05) is 20.2 Å². The Kier molecular flexibility index (Phi) is 5.03. The van der Waals surface area contributed by atoms with Crippen LogP contribution >= 0.6 is 0 Å². The van der Waals surface area contributed by atoms with Crippen LogP contribution in [-0.4, -0.2) is 40.2 Å². The van der Waals surface area contributed by atoms with Gasteiger partial charge in [-0.15, -0.1) is 0 Å². The SMILES string of the molecule is CN(CCO)Cc1[nH]cc(-c2ccc(F)cc2)c1-c1ccncc1. The molecule has 2 aromatic heterocycles. The van der Waals surface area contributed by atoms with Crippen molar-refractivity contribution in [2.45, 2.75) is 6.54 Å². The lowest BCUT2D eigenvalue weighted by Crippen LogP contribution is -2.22. The third-order valence-corrected chi connectivity index (χ3v) is 4.00. The summed E-state index contributed by atoms with van der Waals surface area (Å²) in [5, 5.41) is 9.11. The molecule has 0 aliphatic carbocycles. The highest BCUT2D eigenvalue weighted by molar-refractivity contribution is 5.85. The van der Waals surface area contributed by atoms with Gasteiger partial charge in [0.2, 0.25) is 0 Å². The van der Waals surface area contributed by atoms with Crippen molar-refractivity contribution in [3.63, 3.8) is 0 Å². The lowest BCUT2D eigenvalue weighted by atomic mass is 9.97. The van der Waals surface area contributed by atoms with Gasteiger partial charge in [0.1, 0.15) is 5.82 Å². The van der Waals surface area contributed by atoms with Gasteiger partial charge in [0, 0.05) is 48.5 Å². The number of aliphatic hydroxyl groups is 1. The molecule has 0 aliphatic heterocycles. The lowest BCUT2D eigenvalue weighted by Gasteiger charge is -2.16. The number of aromatic nitrogens is 2. The summed E-state index contributed by atoms with van der Waals surface area (Å²) in [6.07, 6.45) is 5.47. The summed E-state index contributed by atoms with van der Waals surface area (Å²) < 4.78 is 13.2. The third kappa shape index (κ3) is 3.53. The molecule has 0 bridgehead atoms. The number of aliphatic hydroxyl groups excluding tert-OH is 1. The Labute approximate surface area is 140 Å². The van der Waals surface area contributed by atoms with Gasteiger partial charge < -0.3 is 10.1 Å². The molecule has 124 valence electrons. The lowest BCUT2D eigenvalue weighted by molar-refractivity contribution is 0.216. The number of hydrogen-bond donors (Lipinski definition) is 2. The molecule has 4 nitrogen and oxygen atoms in total. The van der Waals surface area contributed by atoms with E-state index in [0.29, 0.717) is 13.1 Å². The first-order valence-corrected chi connectivity index (χ1v) is 7.85. The van der Waals surface area contributed by atoms with Crippen LogP contribution in [0.3, 0.4) is 0 Å². The van der Waals surface area contributed by atoms with Crippen LogP contribution in [0.2, 0.25) is 0 Å². The molecule has 0 radical (unpaired) electrons. The van der Waals surface area contributed by atoms with Crippen molar-refractivity contribution in [1.82, 2.24) is 14.9 Å². The monoisotopic (exact) mass is 325 g/mol. The normalized spacial score (nSPS) is 11.2. The minimum absolute atomic E-state index is 0.118. The number of nitrogens with one attached hydrogen (secondary N) is 1. The summed E-state index contributed by atoms with van der Waals surface area (Å²) in [6, 6.07) is 10.4. The third-order valence-electron chi connectivity index (χ3n) is 4.00. The van der Waals surface area contributed by atoms with E-state index in [1.807, 2.05) is 30.3 Å². The molecular weight excluding hydrogens is 305 g/mol. The smallest absolute Gasteiger partial charge is 0.123 e. The molecular formula is C19H20FN3O. The number of hydrogen-bond acceptors (Lipinski definition) is 3. The average molecular weight is 325 g/mol. The van der Waals surface area contributed by atoms with E-state index in [4.69, 9.17) is 5.11 Å². The van der Waals surface area contributed by atoms with Crippen LogP contribution in [-0.2, 0) is 6.54 Å². The number of halogens is 1. The van der Waals surface area contributed by atoms with E-state index >= 15 is 0 Å². The fourth-order valence-electron chi connectivity index (χ4n) is 2.82. The standard InChI is InChI=1S/C19H20FN3O/c1-23(10-11-24)13-18-19(15-6-8-21-9-7-15)17(12-22-18)14-2-4-16(20)5-3-14/h2-9,12,22,24H,10-11,13H2,1H3. The zero-order valence-electron chi connectivity index (χ0n) is 13.5. The van der Waals surface area contributed by atoms with E-state index in [-0.39, 0.29) is 12.4 Å². The minimum Gasteiger partial charge on any atom is -0.395 e. The predicted molar refractivity (Wildman–Crippen MR) is 92.8 cm³/mol. The highest BCUT2D eigenvalue weighted by Gasteiger charge is 2.16. The quantitative estimate of drug-likeness (QED) is 0.731. The van der Waals surface area contributed by atoms with E-state index in [9.17, 15) is 4.39 Å². The number of pyridine rings is 1. The highest BCUT2D eigenvalue weighted by Crippen LogP contribution is 2.35. The summed E-state index contributed by atoms with van der Waals surface area (Å²) in [4.78, 5) is 9.47. The predicted octanol–water partition coefficient (Wildman–Crippen LogP) is 3.31. The number of likely N-dealkylation sites (N-methyl/N-ethyl adjacent to an activating group) is 1. The van der Waals surface area contributed by atoms with Crippen LogP contribution < -0.4 is 0 Å². The molecule has 24 heavy (non-hydrogen) atoms. The van der Waals surface area contributed by atoms with Gasteiger partial charge in [0.25, 0.3) is 0 Å². The van der Waals surface area contributed by atoms with E-state index < -0.39 is 0 Å². The number of nitrogens with zero attached hydrogens (tertiary/aromatic N) is 2. The molecule has 0 amide bonds. The maximum Gasteiger partial charge on any atom is 0.123 e. The zero-order valence-corrected chi connectivity index (χ0v) is 13.5. The molecule has 0 spiro atoms. The second kappa shape index (κ2) is 7.38. The highest BCUT2D eigenvalue weighted by atomic mass is 19.1. The molecule has 5 heteroatoms. The zero-order chi connectivity index (χ0) is 16.9. The van der Waals surface area contributed by atoms with Crippen molar-refractivity contribution >= 4 is 0 Å². The Hall–Kier alpha value is -2.50. The van der Waals surface area contributed by atoms with Gasteiger partial charge in [0.05, 0.1) is 6.61 Å². The number of rotatable bonds is 6. The van der Waals surface area contributed by atoms with E-state index in [2.05, 4.69) is 9.97 Å². The summed E-state index contributed by atoms with van der Waals surface area (Å²) in [5.41, 5.74) is 5.16. The summed E-state index contributed by atoms with van der Waals surface area (Å²) in [7, 11) is 1.96. The van der Waals surface area contributed by atoms with Crippen molar-refractivity contribution in [3.05, 3.63) is 66.5 Å². The van der Waals surface area contributed by atoms with Crippen LogP contribution in [0.4, 0.5) is 4.39 Å². The first kappa shape index (κ1) is 16.4. The van der Waals surface area contributed by atoms with E-state index in [0.717, 1.165) is 27.9 Å². The number of H-pyrrole nitrogens is 1. The largest absolute Gasteiger partial charge is 0.395 e. The summed E-state index contributed by atoms with van der Waals surface area (Å²) >= 11 is 0. The van der Waals surface area contributed by atoms with Gasteiger partial charge in [-0.1, -0.05) is 12.1 Å². The first-order chi connectivity index (χ1) is 11.7. The molecule has 1 aromatic carbocycles. The van der Waals surface area contributed by atoms with Gasteiger partial charge in [-0.2, -0.15) is 0 Å². The first-order valence-electron chi connectivity index (χ1n) is 7.85. The maximum absolute atomic E-state index is 13.2. The summed E-state index contributed by atoms with van der Waals surface area (Å²) in [5.74, 6) is -0.248. The molecule has 0 saturated carbocycles. The number of aromatic amines is 1. The molecule has 0 saturated heterocycles. The molecule has 0 atom stereocenters. The Morgan fingerprint density at radius 3 is 2.46 bits per heavy atom. The molecule has 0 unspecified atom stereocenters. The fourth-order valence-corrected chi connectivity index (χ4v) is 2.82. The molecule has 0 aliphatic rings. The van der Waals surface area contributed by atoms with Gasteiger partial charge in [-0.05, 0) is 42.4 Å². The van der Waals surface area contributed by atoms with Gasteiger partial charge in [0.15, 0.2) is 0 Å². The molecule has 2 heterocycles. The maximum atomic E-state index is 13.2.